The molecular weight excluding hydrogens is 663 g/mol. The second kappa shape index (κ2) is 14.5. The van der Waals surface area contributed by atoms with E-state index in [9.17, 15) is 19.5 Å². The molecule has 0 spiro atoms. The number of nitrogens with one attached hydrogen (secondary N) is 1. The number of piperazine rings is 1. The number of aromatic hydroxyl groups is 1. The number of anilines is 2. The highest BCUT2D eigenvalue weighted by Gasteiger charge is 2.39. The number of rotatable bonds is 8. The van der Waals surface area contributed by atoms with Crippen molar-refractivity contribution < 1.29 is 19.5 Å². The zero-order valence-corrected chi connectivity index (χ0v) is 30.8. The number of aryl methyl sites for hydroxylation is 1. The quantitative estimate of drug-likeness (QED) is 0.273. The average molecular weight is 716 g/mol. The molecule has 3 saturated heterocycles. The highest BCUT2D eigenvalue weighted by molar-refractivity contribution is 6.05. The van der Waals surface area contributed by atoms with Gasteiger partial charge >= 0.3 is 0 Å². The van der Waals surface area contributed by atoms with E-state index in [1.807, 2.05) is 18.2 Å². The minimum absolute atomic E-state index is 0.116. The number of hydrogen-bond acceptors (Lipinski definition) is 7. The van der Waals surface area contributed by atoms with Crippen LogP contribution in [0.4, 0.5) is 11.4 Å². The fourth-order valence-electron chi connectivity index (χ4n) is 10.3. The molecule has 9 nitrogen and oxygen atoms in total. The Hall–Kier alpha value is -4.37. The van der Waals surface area contributed by atoms with Gasteiger partial charge in [-0.15, -0.1) is 0 Å². The number of piperidine rings is 2. The number of benzene rings is 3. The molecule has 3 aromatic carbocycles. The first kappa shape index (κ1) is 34.4. The first-order valence-electron chi connectivity index (χ1n) is 20.3. The van der Waals surface area contributed by atoms with Gasteiger partial charge in [-0.1, -0.05) is 37.5 Å². The molecule has 0 unspecified atom stereocenters. The van der Waals surface area contributed by atoms with E-state index in [0.717, 1.165) is 69.4 Å². The van der Waals surface area contributed by atoms with Gasteiger partial charge in [0.05, 0.1) is 0 Å². The summed E-state index contributed by atoms with van der Waals surface area (Å²) in [5.41, 5.74) is 8.30. The number of carbonyl (C=O) groups is 3. The summed E-state index contributed by atoms with van der Waals surface area (Å²) in [5.74, 6) is 2.35. The summed E-state index contributed by atoms with van der Waals surface area (Å²) in [7, 11) is 0. The monoisotopic (exact) mass is 715 g/mol. The number of fused-ring (bicyclic) bond motifs is 2. The molecule has 9 heteroatoms. The molecule has 4 heterocycles. The van der Waals surface area contributed by atoms with Crippen molar-refractivity contribution in [3.8, 4) is 5.75 Å². The third-order valence-electron chi connectivity index (χ3n) is 13.6. The van der Waals surface area contributed by atoms with Crippen molar-refractivity contribution in [1.29, 1.82) is 0 Å². The third-order valence-corrected chi connectivity index (χ3v) is 13.6. The normalized spacial score (nSPS) is 25.6. The van der Waals surface area contributed by atoms with E-state index in [2.05, 4.69) is 62.5 Å². The maximum atomic E-state index is 13.1. The number of phenolic OH excluding ortho intramolecular Hbond substituents is 1. The lowest BCUT2D eigenvalue weighted by atomic mass is 9.66. The number of phenols is 1. The minimum Gasteiger partial charge on any atom is -0.508 e. The molecule has 2 N–H and O–H groups in total. The molecule has 3 atom stereocenters. The van der Waals surface area contributed by atoms with Crippen LogP contribution in [0.15, 0.2) is 60.7 Å². The van der Waals surface area contributed by atoms with Crippen LogP contribution in [0.2, 0.25) is 0 Å². The molecule has 3 amide bonds. The topological polar surface area (TPSA) is 96.4 Å². The van der Waals surface area contributed by atoms with E-state index in [1.54, 1.807) is 4.90 Å². The van der Waals surface area contributed by atoms with Crippen molar-refractivity contribution in [3.63, 3.8) is 0 Å². The van der Waals surface area contributed by atoms with Crippen LogP contribution in [0.3, 0.4) is 0 Å². The van der Waals surface area contributed by atoms with Gasteiger partial charge in [0.15, 0.2) is 0 Å². The van der Waals surface area contributed by atoms with Crippen molar-refractivity contribution in [2.24, 2.45) is 17.8 Å². The molecule has 53 heavy (non-hydrogen) atoms. The highest BCUT2D eigenvalue weighted by Crippen LogP contribution is 2.47. The Kier molecular flexibility index (Phi) is 9.39. The van der Waals surface area contributed by atoms with Gasteiger partial charge in [0.1, 0.15) is 11.8 Å². The standard InChI is InChI=1S/C44H53N5O4/c50-37-11-13-38-32(26-37)4-5-33(24-29-2-1-3-29)42(38)31-6-8-35(9-7-31)47-18-16-30(17-19-47)27-46-20-22-48(23-21-46)36-10-12-39-34(25-36)28-49(44(39)53)40-14-15-41(51)45-43(40)52/h6-13,25-26,29-30,33,40,42,50H,1-5,14-24,27-28H2,(H,45,51,52)/t33-,40-,42+/m1/s1. The molecule has 4 aliphatic heterocycles. The van der Waals surface area contributed by atoms with Crippen LogP contribution in [-0.4, -0.2) is 84.5 Å². The zero-order valence-electron chi connectivity index (χ0n) is 30.8. The summed E-state index contributed by atoms with van der Waals surface area (Å²) in [6.07, 6.45) is 10.9. The number of nitrogens with zero attached hydrogens (tertiary/aromatic N) is 4. The second-order valence-corrected chi connectivity index (χ2v) is 16.7. The van der Waals surface area contributed by atoms with Crippen molar-refractivity contribution in [2.75, 3.05) is 55.6 Å². The van der Waals surface area contributed by atoms with E-state index in [1.165, 1.54) is 67.3 Å². The molecule has 3 aromatic rings. The Morgan fingerprint density at radius 1 is 0.698 bits per heavy atom. The summed E-state index contributed by atoms with van der Waals surface area (Å²) in [6, 6.07) is 21.1. The fourth-order valence-corrected chi connectivity index (χ4v) is 10.3. The molecule has 0 radical (unpaired) electrons. The van der Waals surface area contributed by atoms with E-state index < -0.39 is 6.04 Å². The van der Waals surface area contributed by atoms with Gasteiger partial charge in [0.2, 0.25) is 11.8 Å². The van der Waals surface area contributed by atoms with Gasteiger partial charge in [-0.25, -0.2) is 0 Å². The largest absolute Gasteiger partial charge is 0.508 e. The van der Waals surface area contributed by atoms with Crippen molar-refractivity contribution in [1.82, 2.24) is 15.1 Å². The predicted octanol–water partition coefficient (Wildman–Crippen LogP) is 6.08. The first-order valence-corrected chi connectivity index (χ1v) is 20.3. The number of carbonyl (C=O) groups excluding carboxylic acids is 3. The number of amides is 3. The van der Waals surface area contributed by atoms with Gasteiger partial charge in [0.25, 0.3) is 5.91 Å². The summed E-state index contributed by atoms with van der Waals surface area (Å²) in [6.45, 7) is 7.76. The number of hydrogen-bond donors (Lipinski definition) is 2. The lowest BCUT2D eigenvalue weighted by Gasteiger charge is -2.40. The fraction of sp³-hybridized carbons (Fsp3) is 0.523. The summed E-state index contributed by atoms with van der Waals surface area (Å²) >= 11 is 0. The van der Waals surface area contributed by atoms with Crippen LogP contribution < -0.4 is 15.1 Å². The highest BCUT2D eigenvalue weighted by atomic mass is 16.3. The molecule has 4 fully saturated rings. The third kappa shape index (κ3) is 6.93. The van der Waals surface area contributed by atoms with Gasteiger partial charge in [-0.2, -0.15) is 0 Å². The Bertz CT molecular complexity index is 1860. The molecule has 1 saturated carbocycles. The van der Waals surface area contributed by atoms with Crippen LogP contribution in [0, 0.1) is 17.8 Å². The van der Waals surface area contributed by atoms with Crippen molar-refractivity contribution in [2.45, 2.75) is 82.7 Å². The number of imide groups is 1. The molecule has 2 aliphatic carbocycles. The predicted molar refractivity (Wildman–Crippen MR) is 206 cm³/mol. The maximum Gasteiger partial charge on any atom is 0.255 e. The van der Waals surface area contributed by atoms with Crippen LogP contribution in [0.1, 0.15) is 96.3 Å². The molecule has 0 aromatic heterocycles. The van der Waals surface area contributed by atoms with Crippen LogP contribution in [-0.2, 0) is 22.6 Å². The van der Waals surface area contributed by atoms with Gasteiger partial charge in [-0.05, 0) is 121 Å². The SMILES string of the molecule is O=C1CC[C@@H](N2Cc3cc(N4CCN(CC5CCN(c6ccc([C@@H]7c8ccc(O)cc8CC[C@@H]7CC7CCC7)cc6)CC5)CC4)ccc3C2=O)C(=O)N1. The van der Waals surface area contributed by atoms with E-state index in [4.69, 9.17) is 0 Å². The smallest absolute Gasteiger partial charge is 0.255 e. The molecule has 278 valence electrons. The van der Waals surface area contributed by atoms with E-state index in [0.29, 0.717) is 42.0 Å². The summed E-state index contributed by atoms with van der Waals surface area (Å²) in [5, 5.41) is 12.6. The first-order chi connectivity index (χ1) is 25.9. The summed E-state index contributed by atoms with van der Waals surface area (Å²) < 4.78 is 0. The lowest BCUT2D eigenvalue weighted by Crippen LogP contribution is -2.52. The summed E-state index contributed by atoms with van der Waals surface area (Å²) in [4.78, 5) is 46.5. The van der Waals surface area contributed by atoms with E-state index >= 15 is 0 Å². The lowest BCUT2D eigenvalue weighted by molar-refractivity contribution is -0.136. The maximum absolute atomic E-state index is 13.1. The zero-order chi connectivity index (χ0) is 36.1. The van der Waals surface area contributed by atoms with Gasteiger partial charge in [0, 0.05) is 81.6 Å². The minimum atomic E-state index is -0.580. The van der Waals surface area contributed by atoms with Gasteiger partial charge < -0.3 is 19.8 Å². The molecule has 9 rings (SSSR count). The van der Waals surface area contributed by atoms with Crippen LogP contribution >= 0.6 is 0 Å². The van der Waals surface area contributed by atoms with Crippen molar-refractivity contribution >= 4 is 29.1 Å². The van der Waals surface area contributed by atoms with Crippen molar-refractivity contribution in [3.05, 3.63) is 88.5 Å². The molecular formula is C44H53N5O4. The van der Waals surface area contributed by atoms with E-state index in [-0.39, 0.29) is 24.1 Å². The Balaban J connectivity index is 0.766. The molecule has 6 aliphatic rings. The van der Waals surface area contributed by atoms with Gasteiger partial charge in [-0.3, -0.25) is 24.6 Å². The average Bonchev–Trinajstić information content (AvgIpc) is 3.48. The Morgan fingerprint density at radius 3 is 2.19 bits per heavy atom. The van der Waals surface area contributed by atoms with Crippen LogP contribution in [0.25, 0.3) is 0 Å². The Labute approximate surface area is 313 Å². The Morgan fingerprint density at radius 2 is 1.45 bits per heavy atom. The molecule has 0 bridgehead atoms. The van der Waals surface area contributed by atoms with Crippen LogP contribution in [0.5, 0.6) is 5.75 Å². The second-order valence-electron chi connectivity index (χ2n) is 16.7.